The van der Waals surface area contributed by atoms with E-state index in [1.165, 1.54) is 17.5 Å². The summed E-state index contributed by atoms with van der Waals surface area (Å²) in [6.45, 7) is 1.76. The Morgan fingerprint density at radius 3 is 2.47 bits per heavy atom. The number of sulfonamides is 1. The fourth-order valence-electron chi connectivity index (χ4n) is 3.97. The van der Waals surface area contributed by atoms with Crippen molar-refractivity contribution >= 4 is 21.6 Å². The highest BCUT2D eigenvalue weighted by atomic mass is 32.2. The summed E-state index contributed by atoms with van der Waals surface area (Å²) in [6, 6.07) is 12.0. The molecule has 0 aliphatic carbocycles. The lowest BCUT2D eigenvalue weighted by Gasteiger charge is -2.29. The first-order valence-electron chi connectivity index (χ1n) is 10.2. The molecule has 2 aromatic carbocycles. The van der Waals surface area contributed by atoms with Crippen molar-refractivity contribution in [2.75, 3.05) is 38.3 Å². The second-order valence-corrected chi connectivity index (χ2v) is 9.36. The van der Waals surface area contributed by atoms with Gasteiger partial charge in [-0.2, -0.15) is 4.31 Å². The molecule has 2 aliphatic rings. The first-order valence-corrected chi connectivity index (χ1v) is 11.7. The highest BCUT2D eigenvalue weighted by molar-refractivity contribution is 7.89. The molecule has 0 radical (unpaired) electrons. The molecule has 1 amide bonds. The highest BCUT2D eigenvalue weighted by Crippen LogP contribution is 2.34. The van der Waals surface area contributed by atoms with E-state index >= 15 is 0 Å². The number of nitrogens with zero attached hydrogens (tertiary/aromatic N) is 2. The molecule has 160 valence electrons. The minimum atomic E-state index is -3.76. The number of methoxy groups -OCH3 is 1. The largest absolute Gasteiger partial charge is 0.495 e. The third-order valence-electron chi connectivity index (χ3n) is 5.57. The molecule has 0 N–H and O–H groups in total. The molecule has 8 heteroatoms. The fourth-order valence-corrected chi connectivity index (χ4v) is 5.67. The molecule has 30 heavy (non-hydrogen) atoms. The second-order valence-electron chi connectivity index (χ2n) is 7.46. The van der Waals surface area contributed by atoms with Gasteiger partial charge >= 0.3 is 0 Å². The van der Waals surface area contributed by atoms with Gasteiger partial charge in [0.2, 0.25) is 10.0 Å². The molecule has 2 heterocycles. The first kappa shape index (κ1) is 20.7. The fraction of sp³-hybridized carbons (Fsp3) is 0.409. The minimum Gasteiger partial charge on any atom is -0.495 e. The Hall–Kier alpha value is -2.58. The second kappa shape index (κ2) is 8.65. The van der Waals surface area contributed by atoms with Gasteiger partial charge in [0.25, 0.3) is 5.91 Å². The number of amides is 1. The number of rotatable bonds is 4. The average molecular weight is 431 g/mol. The number of carbonyl (C=O) groups is 1. The Bertz CT molecular complexity index is 1030. The predicted octanol–water partition coefficient (Wildman–Crippen LogP) is 3.30. The van der Waals surface area contributed by atoms with E-state index in [4.69, 9.17) is 9.47 Å². The van der Waals surface area contributed by atoms with E-state index in [1.54, 1.807) is 17.0 Å². The number of hydrogen-bond acceptors (Lipinski definition) is 5. The molecular weight excluding hydrogens is 404 g/mol. The van der Waals surface area contributed by atoms with Crippen molar-refractivity contribution in [2.24, 2.45) is 0 Å². The van der Waals surface area contributed by atoms with Gasteiger partial charge in [-0.05, 0) is 43.2 Å². The first-order chi connectivity index (χ1) is 14.5. The third-order valence-corrected chi connectivity index (χ3v) is 7.49. The lowest BCUT2D eigenvalue weighted by molar-refractivity contribution is 0.0976. The number of fused-ring (bicyclic) bond motifs is 1. The molecule has 2 aliphatic heterocycles. The van der Waals surface area contributed by atoms with E-state index < -0.39 is 10.0 Å². The van der Waals surface area contributed by atoms with E-state index in [-0.39, 0.29) is 16.6 Å². The molecule has 7 nitrogen and oxygen atoms in total. The zero-order chi connectivity index (χ0) is 21.1. The van der Waals surface area contributed by atoms with Gasteiger partial charge in [0.15, 0.2) is 0 Å². The van der Waals surface area contributed by atoms with Crippen molar-refractivity contribution in [3.63, 3.8) is 0 Å². The SMILES string of the molecule is COc1ccc(C(=O)N2CCOc3ccccc32)cc1S(=O)(=O)N1CCCCCC1. The van der Waals surface area contributed by atoms with E-state index in [9.17, 15) is 13.2 Å². The maximum atomic E-state index is 13.4. The standard InChI is InChI=1S/C22H26N2O5S/c1-28-20-11-10-17(16-21(20)30(26,27)23-12-6-2-3-7-13-23)22(25)24-14-15-29-19-9-5-4-8-18(19)24/h4-5,8-11,16H,2-3,6-7,12-15H2,1H3. The van der Waals surface area contributed by atoms with Crippen molar-refractivity contribution in [1.29, 1.82) is 0 Å². The molecule has 1 saturated heterocycles. The summed E-state index contributed by atoms with van der Waals surface area (Å²) in [5.41, 5.74) is 0.988. The maximum Gasteiger partial charge on any atom is 0.258 e. The molecular formula is C22H26N2O5S. The van der Waals surface area contributed by atoms with Crippen molar-refractivity contribution in [2.45, 2.75) is 30.6 Å². The lowest BCUT2D eigenvalue weighted by atomic mass is 10.1. The zero-order valence-corrected chi connectivity index (χ0v) is 17.9. The molecule has 2 aromatic rings. The number of ether oxygens (including phenoxy) is 2. The van der Waals surface area contributed by atoms with Crippen molar-refractivity contribution in [1.82, 2.24) is 4.31 Å². The van der Waals surface area contributed by atoms with Crippen LogP contribution in [0.3, 0.4) is 0 Å². The number of para-hydroxylation sites is 2. The van der Waals surface area contributed by atoms with Gasteiger partial charge < -0.3 is 14.4 Å². The molecule has 0 saturated carbocycles. The average Bonchev–Trinajstić information content (AvgIpc) is 3.08. The summed E-state index contributed by atoms with van der Waals surface area (Å²) in [5.74, 6) is 0.627. The summed E-state index contributed by atoms with van der Waals surface area (Å²) < 4.78 is 39.2. The Balaban J connectivity index is 1.70. The number of benzene rings is 2. The lowest BCUT2D eigenvalue weighted by Crippen LogP contribution is -2.38. The van der Waals surface area contributed by atoms with Crippen LogP contribution >= 0.6 is 0 Å². The van der Waals surface area contributed by atoms with Gasteiger partial charge in [-0.25, -0.2) is 8.42 Å². The molecule has 0 aromatic heterocycles. The summed E-state index contributed by atoms with van der Waals surface area (Å²) in [7, 11) is -2.32. The summed E-state index contributed by atoms with van der Waals surface area (Å²) in [4.78, 5) is 15.0. The van der Waals surface area contributed by atoms with Crippen molar-refractivity contribution in [3.8, 4) is 11.5 Å². The van der Waals surface area contributed by atoms with Crippen LogP contribution in [0.15, 0.2) is 47.4 Å². The number of hydrogen-bond donors (Lipinski definition) is 0. The van der Waals surface area contributed by atoms with Crippen LogP contribution in [0.2, 0.25) is 0 Å². The predicted molar refractivity (Wildman–Crippen MR) is 114 cm³/mol. The monoisotopic (exact) mass is 430 g/mol. The van der Waals surface area contributed by atoms with Gasteiger partial charge in [-0.3, -0.25) is 4.79 Å². The maximum absolute atomic E-state index is 13.4. The molecule has 1 fully saturated rings. The highest BCUT2D eigenvalue weighted by Gasteiger charge is 2.31. The van der Waals surface area contributed by atoms with Crippen LogP contribution in [-0.2, 0) is 10.0 Å². The van der Waals surface area contributed by atoms with Crippen molar-refractivity contribution < 1.29 is 22.7 Å². The van der Waals surface area contributed by atoms with Crippen LogP contribution in [-0.4, -0.2) is 52.0 Å². The Morgan fingerprint density at radius 2 is 1.73 bits per heavy atom. The van der Waals surface area contributed by atoms with Gasteiger partial charge in [-0.15, -0.1) is 0 Å². The van der Waals surface area contributed by atoms with E-state index in [0.717, 1.165) is 25.7 Å². The Morgan fingerprint density at radius 1 is 1.00 bits per heavy atom. The summed E-state index contributed by atoms with van der Waals surface area (Å²) in [5, 5.41) is 0. The van der Waals surface area contributed by atoms with Crippen LogP contribution in [0.25, 0.3) is 0 Å². The van der Waals surface area contributed by atoms with Gasteiger partial charge in [0, 0.05) is 18.7 Å². The quantitative estimate of drug-likeness (QED) is 0.744. The molecule has 0 spiro atoms. The van der Waals surface area contributed by atoms with E-state index in [2.05, 4.69) is 0 Å². The van der Waals surface area contributed by atoms with Crippen LogP contribution in [0, 0.1) is 0 Å². The van der Waals surface area contributed by atoms with Crippen molar-refractivity contribution in [3.05, 3.63) is 48.0 Å². The molecule has 4 rings (SSSR count). The van der Waals surface area contributed by atoms with E-state index in [1.807, 2.05) is 24.3 Å². The van der Waals surface area contributed by atoms with Gasteiger partial charge in [0.05, 0.1) is 19.3 Å². The van der Waals surface area contributed by atoms with E-state index in [0.29, 0.717) is 43.2 Å². The molecule has 0 bridgehead atoms. The van der Waals surface area contributed by atoms with Gasteiger partial charge in [0.1, 0.15) is 23.0 Å². The Labute approximate surface area is 177 Å². The smallest absolute Gasteiger partial charge is 0.258 e. The Kier molecular flexibility index (Phi) is 5.97. The molecule has 0 atom stereocenters. The van der Waals surface area contributed by atoms with Gasteiger partial charge in [-0.1, -0.05) is 25.0 Å². The zero-order valence-electron chi connectivity index (χ0n) is 17.0. The van der Waals surface area contributed by atoms with Crippen LogP contribution in [0.5, 0.6) is 11.5 Å². The number of anilines is 1. The molecule has 0 unspecified atom stereocenters. The van der Waals surface area contributed by atoms with Crippen LogP contribution in [0.4, 0.5) is 5.69 Å². The van der Waals surface area contributed by atoms with Crippen LogP contribution in [0.1, 0.15) is 36.0 Å². The van der Waals surface area contributed by atoms with Crippen LogP contribution < -0.4 is 14.4 Å². The third kappa shape index (κ3) is 3.89. The number of carbonyl (C=O) groups excluding carboxylic acids is 1. The topological polar surface area (TPSA) is 76.1 Å². The minimum absolute atomic E-state index is 0.0410. The normalized spacial score (nSPS) is 17.6. The summed E-state index contributed by atoms with van der Waals surface area (Å²) in [6.07, 6.45) is 3.73. The summed E-state index contributed by atoms with van der Waals surface area (Å²) >= 11 is 0.